The van der Waals surface area contributed by atoms with Crippen molar-refractivity contribution in [2.45, 2.75) is 43.4 Å². The highest BCUT2D eigenvalue weighted by molar-refractivity contribution is 8.00. The van der Waals surface area contributed by atoms with Crippen LogP contribution in [-0.2, 0) is 47.8 Å². The smallest absolute Gasteiger partial charge is 0.253 e. The lowest BCUT2D eigenvalue weighted by atomic mass is 10.2. The number of nitrogens with two attached hydrogens (primary N) is 2. The van der Waals surface area contributed by atoms with E-state index in [9.17, 15) is 33.6 Å². The third-order valence-corrected chi connectivity index (χ3v) is 7.96. The lowest BCUT2D eigenvalue weighted by molar-refractivity contribution is -0.140. The molecule has 0 spiro atoms. The number of ether oxygens (including phenoxy) is 3. The molecule has 2 atom stereocenters. The summed E-state index contributed by atoms with van der Waals surface area (Å²) in [7, 11) is 0. The summed E-state index contributed by atoms with van der Waals surface area (Å²) in [6, 6.07) is -0.786. The van der Waals surface area contributed by atoms with Gasteiger partial charge in [-0.05, 0) is 12.8 Å². The molecule has 2 aliphatic rings. The number of Topliss-reactive ketones (excluding diaryl/α,β-unsaturated/α-hetero) is 1. The quantitative estimate of drug-likeness (QED) is 0.0588. The Hall–Kier alpha value is -3.22. The molecule has 1 unspecified atom stereocenters. The Balaban J connectivity index is 1.35. The van der Waals surface area contributed by atoms with Crippen molar-refractivity contribution in [2.75, 3.05) is 78.1 Å². The Kier molecular flexibility index (Phi) is 18.1. The molecule has 0 radical (unpaired) electrons. The fraction of sp³-hybridized carbons (Fsp3) is 0.679. The van der Waals surface area contributed by atoms with Gasteiger partial charge in [-0.15, -0.1) is 11.8 Å². The van der Waals surface area contributed by atoms with Crippen molar-refractivity contribution in [3.8, 4) is 0 Å². The molecular formula is C28H44N6O10S. The number of hydrogen-bond donors (Lipinski definition) is 4. The van der Waals surface area contributed by atoms with E-state index in [1.54, 1.807) is 0 Å². The highest BCUT2D eigenvalue weighted by Gasteiger charge is 2.39. The molecule has 45 heavy (non-hydrogen) atoms. The number of amides is 6. The van der Waals surface area contributed by atoms with Gasteiger partial charge in [-0.3, -0.25) is 43.4 Å². The summed E-state index contributed by atoms with van der Waals surface area (Å²) >= 11 is 1.15. The van der Waals surface area contributed by atoms with Gasteiger partial charge in [-0.1, -0.05) is 0 Å². The fourth-order valence-electron chi connectivity index (χ4n) is 4.08. The van der Waals surface area contributed by atoms with Gasteiger partial charge in [0.05, 0.1) is 44.3 Å². The minimum absolute atomic E-state index is 0.00522. The summed E-state index contributed by atoms with van der Waals surface area (Å²) < 4.78 is 16.3. The van der Waals surface area contributed by atoms with Crippen LogP contribution in [0, 0.1) is 0 Å². The van der Waals surface area contributed by atoms with Crippen LogP contribution in [0.25, 0.3) is 0 Å². The van der Waals surface area contributed by atoms with Crippen LogP contribution in [0.3, 0.4) is 0 Å². The Morgan fingerprint density at radius 1 is 0.822 bits per heavy atom. The summed E-state index contributed by atoms with van der Waals surface area (Å²) in [6.45, 7) is 3.09. The normalized spacial score (nSPS) is 17.0. The van der Waals surface area contributed by atoms with Crippen LogP contribution in [-0.4, -0.2) is 140 Å². The van der Waals surface area contributed by atoms with Crippen molar-refractivity contribution in [2.24, 2.45) is 11.5 Å². The fourth-order valence-corrected chi connectivity index (χ4v) is 5.24. The molecule has 0 aromatic carbocycles. The first-order valence-corrected chi connectivity index (χ1v) is 15.9. The molecule has 0 aromatic heterocycles. The molecule has 2 rings (SSSR count). The molecule has 2 heterocycles. The third-order valence-electron chi connectivity index (χ3n) is 6.64. The number of carbonyl (C=O) groups is 7. The molecule has 252 valence electrons. The molecule has 0 bridgehead atoms. The number of thioether (sulfide) groups is 1. The average molecular weight is 657 g/mol. The number of carbonyl (C=O) groups excluding carboxylic acids is 7. The molecule has 0 saturated carbocycles. The number of ketones is 1. The Labute approximate surface area is 266 Å². The van der Waals surface area contributed by atoms with Gasteiger partial charge >= 0.3 is 0 Å². The van der Waals surface area contributed by atoms with E-state index in [0.29, 0.717) is 65.6 Å². The summed E-state index contributed by atoms with van der Waals surface area (Å²) in [4.78, 5) is 85.1. The van der Waals surface area contributed by atoms with Crippen LogP contribution in [0.4, 0.5) is 0 Å². The maximum atomic E-state index is 12.5. The highest BCUT2D eigenvalue weighted by atomic mass is 32.2. The molecule has 1 saturated heterocycles. The van der Waals surface area contributed by atoms with Gasteiger partial charge in [0.2, 0.25) is 23.6 Å². The van der Waals surface area contributed by atoms with Crippen LogP contribution in [0.2, 0.25) is 0 Å². The summed E-state index contributed by atoms with van der Waals surface area (Å²) in [5.41, 5.74) is 11.0. The van der Waals surface area contributed by atoms with E-state index in [0.717, 1.165) is 21.6 Å². The zero-order valence-corrected chi connectivity index (χ0v) is 26.2. The topological polar surface area (TPSA) is 230 Å². The molecule has 0 aromatic rings. The van der Waals surface area contributed by atoms with Crippen LogP contribution in [0.5, 0.6) is 0 Å². The predicted molar refractivity (Wildman–Crippen MR) is 162 cm³/mol. The second-order valence-electron chi connectivity index (χ2n) is 10.1. The molecule has 1 fully saturated rings. The van der Waals surface area contributed by atoms with Crippen molar-refractivity contribution < 1.29 is 47.8 Å². The summed E-state index contributed by atoms with van der Waals surface area (Å²) in [5, 5.41) is 4.83. The summed E-state index contributed by atoms with van der Waals surface area (Å²) in [6.07, 6.45) is 3.62. The lowest BCUT2D eigenvalue weighted by Gasteiger charge is -2.15. The monoisotopic (exact) mass is 656 g/mol. The zero-order valence-electron chi connectivity index (χ0n) is 25.4. The number of rotatable bonds is 25. The van der Waals surface area contributed by atoms with Gasteiger partial charge < -0.3 is 36.3 Å². The van der Waals surface area contributed by atoms with Gasteiger partial charge in [0.25, 0.3) is 11.8 Å². The number of imide groups is 2. The van der Waals surface area contributed by atoms with E-state index in [1.165, 1.54) is 12.2 Å². The first-order chi connectivity index (χ1) is 21.6. The van der Waals surface area contributed by atoms with Crippen molar-refractivity contribution >= 4 is 53.0 Å². The molecule has 0 aliphatic carbocycles. The standard InChI is InChI=1S/C28H44N6O10S/c29-18-21(35)20(30)19-45-22-17-27(40)34(28(22)41)10-6-24(37)32-8-2-12-43-14-16-44-15-13-42-11-1-7-31-23(36)5-9-33-25(38)3-4-26(33)39/h3-4,20,22H,1-2,5-19,29-30H2,(H,31,36)(H,32,37)/t20-,22?/m0/s1. The zero-order chi connectivity index (χ0) is 33.0. The van der Waals surface area contributed by atoms with Gasteiger partial charge in [-0.25, -0.2) is 0 Å². The Morgan fingerprint density at radius 2 is 1.31 bits per heavy atom. The van der Waals surface area contributed by atoms with Gasteiger partial charge in [-0.2, -0.15) is 0 Å². The lowest BCUT2D eigenvalue weighted by Crippen LogP contribution is -2.39. The Bertz CT molecular complexity index is 1060. The number of hydrogen-bond acceptors (Lipinski definition) is 13. The van der Waals surface area contributed by atoms with Crippen molar-refractivity contribution in [3.63, 3.8) is 0 Å². The van der Waals surface area contributed by atoms with Crippen molar-refractivity contribution in [1.82, 2.24) is 20.4 Å². The van der Waals surface area contributed by atoms with E-state index >= 15 is 0 Å². The van der Waals surface area contributed by atoms with Gasteiger partial charge in [0.1, 0.15) is 0 Å². The third kappa shape index (κ3) is 14.6. The van der Waals surface area contributed by atoms with Crippen LogP contribution < -0.4 is 22.1 Å². The van der Waals surface area contributed by atoms with E-state index in [2.05, 4.69) is 10.6 Å². The van der Waals surface area contributed by atoms with E-state index < -0.39 is 23.1 Å². The molecule has 6 amide bonds. The largest absolute Gasteiger partial charge is 0.379 e. The van der Waals surface area contributed by atoms with E-state index in [1.807, 2.05) is 0 Å². The van der Waals surface area contributed by atoms with Crippen molar-refractivity contribution in [3.05, 3.63) is 12.2 Å². The second-order valence-corrected chi connectivity index (χ2v) is 11.3. The number of nitrogens with zero attached hydrogens (tertiary/aromatic N) is 2. The first-order valence-electron chi connectivity index (χ1n) is 14.9. The highest BCUT2D eigenvalue weighted by Crippen LogP contribution is 2.25. The maximum Gasteiger partial charge on any atom is 0.253 e. The molecule has 2 aliphatic heterocycles. The summed E-state index contributed by atoms with van der Waals surface area (Å²) in [5.74, 6) is -2.18. The Morgan fingerprint density at radius 3 is 1.82 bits per heavy atom. The van der Waals surface area contributed by atoms with Gasteiger partial charge in [0, 0.05) is 76.6 Å². The van der Waals surface area contributed by atoms with Crippen LogP contribution >= 0.6 is 11.8 Å². The molecular weight excluding hydrogens is 612 g/mol. The number of nitrogens with one attached hydrogen (secondary N) is 2. The molecule has 6 N–H and O–H groups in total. The molecule has 17 heteroatoms. The number of likely N-dealkylation sites (tertiary alicyclic amines) is 1. The minimum atomic E-state index is -0.786. The van der Waals surface area contributed by atoms with Gasteiger partial charge in [0.15, 0.2) is 5.78 Å². The average Bonchev–Trinajstić information content (AvgIpc) is 3.49. The van der Waals surface area contributed by atoms with E-state index in [-0.39, 0.29) is 74.1 Å². The van der Waals surface area contributed by atoms with Crippen molar-refractivity contribution in [1.29, 1.82) is 0 Å². The maximum absolute atomic E-state index is 12.5. The SMILES string of the molecule is NCC(=O)[C@@H](N)CSC1CC(=O)N(CCC(=O)NCCCOCCOCCOCCCNC(=O)CCN2C(=O)C=CC2=O)C1=O. The van der Waals surface area contributed by atoms with E-state index in [4.69, 9.17) is 25.7 Å². The minimum Gasteiger partial charge on any atom is -0.379 e. The first kappa shape index (κ1) is 38.0. The predicted octanol–water partition coefficient (Wildman–Crippen LogP) is -2.53. The second kappa shape index (κ2) is 21.5. The van der Waals surface area contributed by atoms with Crippen LogP contribution in [0.15, 0.2) is 12.2 Å². The molecule has 16 nitrogen and oxygen atoms in total. The van der Waals surface area contributed by atoms with Crippen LogP contribution in [0.1, 0.15) is 32.1 Å².